The maximum Gasteiger partial charge on any atom is 0.442 e. The highest BCUT2D eigenvalue weighted by atomic mass is 35.5. The Bertz CT molecular complexity index is 1100. The van der Waals surface area contributed by atoms with Gasteiger partial charge in [0.1, 0.15) is 11.4 Å². The van der Waals surface area contributed by atoms with E-state index >= 15 is 0 Å². The number of ether oxygens (including phenoxy) is 1. The summed E-state index contributed by atoms with van der Waals surface area (Å²) in [6, 6.07) is 6.15. The van der Waals surface area contributed by atoms with E-state index in [-0.39, 0.29) is 16.6 Å². The molecule has 0 aliphatic rings. The molecule has 2 N–H and O–H groups in total. The minimum Gasteiger partial charge on any atom is -0.481 e. The number of nitrogens with zero attached hydrogens (tertiary/aromatic N) is 2. The Balaban J connectivity index is 1.86. The maximum absolute atomic E-state index is 14.1. The van der Waals surface area contributed by atoms with Crippen LogP contribution >= 0.6 is 23.2 Å². The van der Waals surface area contributed by atoms with Crippen molar-refractivity contribution in [3.63, 3.8) is 0 Å². The lowest BCUT2D eigenvalue weighted by molar-refractivity contribution is 0.0991. The van der Waals surface area contributed by atoms with Crippen LogP contribution in [0.2, 0.25) is 10.0 Å². The third-order valence-electron chi connectivity index (χ3n) is 3.38. The van der Waals surface area contributed by atoms with Gasteiger partial charge in [0.25, 0.3) is 11.8 Å². The number of amides is 1. The zero-order valence-electron chi connectivity index (χ0n) is 13.2. The first-order valence-corrected chi connectivity index (χ1v) is 7.98. The summed E-state index contributed by atoms with van der Waals surface area (Å²) in [5.74, 6) is -5.23. The minimum atomic E-state index is -1.29. The summed E-state index contributed by atoms with van der Waals surface area (Å²) >= 11 is 11.8. The largest absolute Gasteiger partial charge is 0.481 e. The molecule has 1 aromatic heterocycles. The number of benzene rings is 2. The van der Waals surface area contributed by atoms with Crippen LogP contribution in [0, 0.1) is 11.6 Å². The van der Waals surface area contributed by atoms with Gasteiger partial charge in [-0.05, 0) is 30.3 Å². The lowest BCUT2D eigenvalue weighted by Gasteiger charge is -2.07. The van der Waals surface area contributed by atoms with Crippen LogP contribution in [0.15, 0.2) is 39.5 Å². The summed E-state index contributed by atoms with van der Waals surface area (Å²) in [6.45, 7) is -0.478. The van der Waals surface area contributed by atoms with Crippen molar-refractivity contribution in [2.75, 3.05) is 0 Å². The van der Waals surface area contributed by atoms with Crippen LogP contribution in [0.5, 0.6) is 5.75 Å². The SMILES string of the molecule is NC(=O)c1c(F)ccc(OCc2nn(-c3ccc(Cl)cc3Cl)c(=O)o2)c1F. The van der Waals surface area contributed by atoms with E-state index < -0.39 is 41.2 Å². The van der Waals surface area contributed by atoms with E-state index in [4.69, 9.17) is 38.1 Å². The molecule has 1 amide bonds. The lowest BCUT2D eigenvalue weighted by atomic mass is 10.2. The molecule has 0 spiro atoms. The number of halogens is 4. The van der Waals surface area contributed by atoms with Gasteiger partial charge in [0.15, 0.2) is 18.2 Å². The van der Waals surface area contributed by atoms with Crippen LogP contribution in [0.25, 0.3) is 5.69 Å². The van der Waals surface area contributed by atoms with Crippen molar-refractivity contribution in [3.05, 3.63) is 74.0 Å². The first-order valence-electron chi connectivity index (χ1n) is 7.23. The van der Waals surface area contributed by atoms with Crippen LogP contribution in [-0.2, 0) is 6.61 Å². The fourth-order valence-corrected chi connectivity index (χ4v) is 2.68. The quantitative estimate of drug-likeness (QED) is 0.689. The van der Waals surface area contributed by atoms with Gasteiger partial charge < -0.3 is 14.9 Å². The van der Waals surface area contributed by atoms with Crippen molar-refractivity contribution in [2.45, 2.75) is 6.61 Å². The molecule has 7 nitrogen and oxygen atoms in total. The maximum atomic E-state index is 14.1. The Hall–Kier alpha value is -2.91. The van der Waals surface area contributed by atoms with Crippen molar-refractivity contribution in [1.82, 2.24) is 9.78 Å². The van der Waals surface area contributed by atoms with Gasteiger partial charge >= 0.3 is 5.76 Å². The Labute approximate surface area is 159 Å². The molecule has 3 rings (SSSR count). The first-order chi connectivity index (χ1) is 12.8. The van der Waals surface area contributed by atoms with Gasteiger partial charge in [0.05, 0.1) is 10.7 Å². The zero-order valence-corrected chi connectivity index (χ0v) is 14.7. The fourth-order valence-electron chi connectivity index (χ4n) is 2.19. The predicted octanol–water partition coefficient (Wildman–Crippen LogP) is 3.09. The third-order valence-corrected chi connectivity index (χ3v) is 3.92. The Kier molecular flexibility index (Phi) is 5.15. The van der Waals surface area contributed by atoms with E-state index in [1.165, 1.54) is 18.2 Å². The smallest absolute Gasteiger partial charge is 0.442 e. The van der Waals surface area contributed by atoms with Crippen molar-refractivity contribution < 1.29 is 22.7 Å². The summed E-state index contributed by atoms with van der Waals surface area (Å²) in [7, 11) is 0. The van der Waals surface area contributed by atoms with Gasteiger partial charge in [0, 0.05) is 5.02 Å². The highest BCUT2D eigenvalue weighted by Crippen LogP contribution is 2.25. The van der Waals surface area contributed by atoms with Gasteiger partial charge in [-0.3, -0.25) is 4.79 Å². The van der Waals surface area contributed by atoms with Crippen LogP contribution in [0.3, 0.4) is 0 Å². The van der Waals surface area contributed by atoms with Crippen molar-refractivity contribution >= 4 is 29.1 Å². The van der Waals surface area contributed by atoms with E-state index in [1.54, 1.807) is 0 Å². The number of carbonyl (C=O) groups excluding carboxylic acids is 1. The highest BCUT2D eigenvalue weighted by molar-refractivity contribution is 6.35. The van der Waals surface area contributed by atoms with Crippen molar-refractivity contribution in [2.24, 2.45) is 5.73 Å². The van der Waals surface area contributed by atoms with Crippen LogP contribution in [-0.4, -0.2) is 15.7 Å². The van der Waals surface area contributed by atoms with E-state index in [2.05, 4.69) is 5.10 Å². The molecule has 140 valence electrons. The molecule has 0 radical (unpaired) electrons. The summed E-state index contributed by atoms with van der Waals surface area (Å²) in [5.41, 5.74) is 4.21. The van der Waals surface area contributed by atoms with Gasteiger partial charge in [-0.2, -0.15) is 4.68 Å². The predicted molar refractivity (Wildman–Crippen MR) is 91.3 cm³/mol. The minimum absolute atomic E-state index is 0.154. The van der Waals surface area contributed by atoms with Gasteiger partial charge in [-0.15, -0.1) is 5.10 Å². The molecule has 1 heterocycles. The standard InChI is InChI=1S/C16H9Cl2F2N3O4/c17-7-1-3-10(8(18)5-7)23-16(25)27-12(22-23)6-26-11-4-2-9(19)13(14(11)20)15(21)24/h1-5H,6H2,(H2,21,24). The molecule has 0 fully saturated rings. The molecule has 0 unspecified atom stereocenters. The molecule has 0 aliphatic carbocycles. The molecule has 0 saturated carbocycles. The number of hydrogen-bond acceptors (Lipinski definition) is 5. The van der Waals surface area contributed by atoms with Crippen LogP contribution in [0.4, 0.5) is 8.78 Å². The molecule has 27 heavy (non-hydrogen) atoms. The average Bonchev–Trinajstić information content (AvgIpc) is 2.94. The molecule has 0 atom stereocenters. The summed E-state index contributed by atoms with van der Waals surface area (Å²) < 4.78 is 38.5. The molecular formula is C16H9Cl2F2N3O4. The van der Waals surface area contributed by atoms with Gasteiger partial charge in [0.2, 0.25) is 0 Å². The van der Waals surface area contributed by atoms with Crippen LogP contribution < -0.4 is 16.2 Å². The number of carbonyl (C=O) groups is 1. The fraction of sp³-hybridized carbons (Fsp3) is 0.0625. The third kappa shape index (κ3) is 3.79. The molecule has 11 heteroatoms. The second-order valence-electron chi connectivity index (χ2n) is 5.16. The molecule has 0 saturated heterocycles. The molecule has 3 aromatic rings. The monoisotopic (exact) mass is 415 g/mol. The molecule has 0 aliphatic heterocycles. The number of hydrogen-bond donors (Lipinski definition) is 1. The van der Waals surface area contributed by atoms with Crippen LogP contribution in [0.1, 0.15) is 16.2 Å². The topological polar surface area (TPSA) is 100 Å². The van der Waals surface area contributed by atoms with E-state index in [0.29, 0.717) is 5.02 Å². The second kappa shape index (κ2) is 7.37. The molecular weight excluding hydrogens is 407 g/mol. The number of nitrogens with two attached hydrogens (primary N) is 1. The highest BCUT2D eigenvalue weighted by Gasteiger charge is 2.20. The van der Waals surface area contributed by atoms with E-state index in [1.807, 2.05) is 0 Å². The van der Waals surface area contributed by atoms with E-state index in [9.17, 15) is 18.4 Å². The van der Waals surface area contributed by atoms with Crippen molar-refractivity contribution in [3.8, 4) is 11.4 Å². The van der Waals surface area contributed by atoms with E-state index in [0.717, 1.165) is 16.8 Å². The Morgan fingerprint density at radius 2 is 2.00 bits per heavy atom. The Morgan fingerprint density at radius 1 is 1.26 bits per heavy atom. The molecule has 0 bridgehead atoms. The number of aromatic nitrogens is 2. The van der Waals surface area contributed by atoms with Crippen molar-refractivity contribution in [1.29, 1.82) is 0 Å². The zero-order chi connectivity index (χ0) is 19.7. The van der Waals surface area contributed by atoms with Gasteiger partial charge in [-0.25, -0.2) is 13.6 Å². The summed E-state index contributed by atoms with van der Waals surface area (Å²) in [4.78, 5) is 23.1. The normalized spacial score (nSPS) is 10.8. The second-order valence-corrected chi connectivity index (χ2v) is 6.00. The number of rotatable bonds is 5. The summed E-state index contributed by atoms with van der Waals surface area (Å²) in [5, 5.41) is 4.40. The van der Waals surface area contributed by atoms with Gasteiger partial charge in [-0.1, -0.05) is 23.2 Å². The lowest BCUT2D eigenvalue weighted by Crippen LogP contribution is -2.16. The number of primary amides is 1. The first kappa shape index (κ1) is 18.9. The molecule has 2 aromatic carbocycles. The summed E-state index contributed by atoms with van der Waals surface area (Å²) in [6.07, 6.45) is 0. The average molecular weight is 416 g/mol. The Morgan fingerprint density at radius 3 is 2.67 bits per heavy atom.